The van der Waals surface area contributed by atoms with Gasteiger partial charge in [0.2, 0.25) is 5.91 Å². The molecule has 3 N–H and O–H groups in total. The number of aromatic nitrogens is 2. The fourth-order valence-corrected chi connectivity index (χ4v) is 3.24. The highest BCUT2D eigenvalue weighted by Crippen LogP contribution is 2.22. The largest absolute Gasteiger partial charge is 0.384 e. The van der Waals surface area contributed by atoms with Gasteiger partial charge in [-0.25, -0.2) is 9.97 Å². The van der Waals surface area contributed by atoms with Crippen molar-refractivity contribution in [3.63, 3.8) is 0 Å². The third-order valence-electron chi connectivity index (χ3n) is 3.46. The topological polar surface area (TPSA) is 80.9 Å². The fraction of sp³-hybridized carbons (Fsp3) is 0.643. The lowest BCUT2D eigenvalue weighted by atomic mass is 9.95. The number of anilines is 1. The summed E-state index contributed by atoms with van der Waals surface area (Å²) >= 11 is 1.35. The molecule has 1 amide bonds. The summed E-state index contributed by atoms with van der Waals surface area (Å²) in [6.45, 7) is 3.75. The Labute approximate surface area is 124 Å². The maximum atomic E-state index is 12.2. The first-order chi connectivity index (χ1) is 9.54. The van der Waals surface area contributed by atoms with E-state index >= 15 is 0 Å². The minimum atomic E-state index is -0.210. The van der Waals surface area contributed by atoms with Crippen LogP contribution in [0.2, 0.25) is 0 Å². The predicted molar refractivity (Wildman–Crippen MR) is 81.5 cm³/mol. The van der Waals surface area contributed by atoms with Crippen molar-refractivity contribution in [1.82, 2.24) is 15.3 Å². The lowest BCUT2D eigenvalue weighted by Gasteiger charge is -2.24. The minimum absolute atomic E-state index is 0.0607. The van der Waals surface area contributed by atoms with Gasteiger partial charge in [-0.2, -0.15) is 0 Å². The van der Waals surface area contributed by atoms with E-state index in [0.29, 0.717) is 17.0 Å². The Bertz CT molecular complexity index is 454. The summed E-state index contributed by atoms with van der Waals surface area (Å²) in [4.78, 5) is 20.6. The van der Waals surface area contributed by atoms with Crippen molar-refractivity contribution in [1.29, 1.82) is 0 Å². The summed E-state index contributed by atoms with van der Waals surface area (Å²) in [7, 11) is 0. The lowest BCUT2D eigenvalue weighted by molar-refractivity contribution is -0.121. The molecule has 0 spiro atoms. The first kappa shape index (κ1) is 15.1. The number of nitrogens with two attached hydrogens (primary N) is 1. The molecule has 0 radical (unpaired) electrons. The second-order valence-electron chi connectivity index (χ2n) is 5.32. The van der Waals surface area contributed by atoms with E-state index in [1.807, 2.05) is 13.8 Å². The van der Waals surface area contributed by atoms with Gasteiger partial charge in [-0.15, -0.1) is 0 Å². The third kappa shape index (κ3) is 4.37. The molecule has 110 valence electrons. The molecule has 1 aliphatic rings. The molecule has 0 bridgehead atoms. The zero-order valence-corrected chi connectivity index (χ0v) is 12.9. The Morgan fingerprint density at radius 3 is 2.75 bits per heavy atom. The maximum absolute atomic E-state index is 12.2. The van der Waals surface area contributed by atoms with E-state index in [2.05, 4.69) is 15.3 Å². The number of carbonyl (C=O) groups is 1. The first-order valence-electron chi connectivity index (χ1n) is 7.13. The van der Waals surface area contributed by atoms with Gasteiger partial charge in [0, 0.05) is 17.8 Å². The van der Waals surface area contributed by atoms with E-state index in [1.165, 1.54) is 31.0 Å². The zero-order valence-electron chi connectivity index (χ0n) is 12.1. The Kier molecular flexibility index (Phi) is 5.23. The Morgan fingerprint density at radius 1 is 1.40 bits per heavy atom. The molecule has 20 heavy (non-hydrogen) atoms. The highest BCUT2D eigenvalue weighted by molar-refractivity contribution is 8.00. The molecule has 1 heterocycles. The van der Waals surface area contributed by atoms with Crippen LogP contribution in [0.15, 0.2) is 11.2 Å². The van der Waals surface area contributed by atoms with Gasteiger partial charge in [0.15, 0.2) is 5.16 Å². The van der Waals surface area contributed by atoms with Gasteiger partial charge in [0.1, 0.15) is 5.82 Å². The average Bonchev–Trinajstić information content (AvgIpc) is 2.38. The fourth-order valence-electron chi connectivity index (χ4n) is 2.39. The molecule has 1 saturated carbocycles. The van der Waals surface area contributed by atoms with Gasteiger partial charge in [-0.3, -0.25) is 4.79 Å². The molecule has 1 aromatic rings. The second-order valence-corrected chi connectivity index (χ2v) is 6.63. The van der Waals surface area contributed by atoms with Gasteiger partial charge < -0.3 is 11.1 Å². The van der Waals surface area contributed by atoms with E-state index in [4.69, 9.17) is 5.73 Å². The van der Waals surface area contributed by atoms with Gasteiger partial charge in [0.25, 0.3) is 0 Å². The highest BCUT2D eigenvalue weighted by Gasteiger charge is 2.21. The molecule has 0 unspecified atom stereocenters. The monoisotopic (exact) mass is 294 g/mol. The number of amides is 1. The van der Waals surface area contributed by atoms with Crippen molar-refractivity contribution in [2.45, 2.75) is 62.4 Å². The maximum Gasteiger partial charge on any atom is 0.233 e. The van der Waals surface area contributed by atoms with Crippen LogP contribution in [0.1, 0.15) is 44.7 Å². The van der Waals surface area contributed by atoms with E-state index in [9.17, 15) is 4.79 Å². The molecule has 1 fully saturated rings. The molecule has 1 atom stereocenters. The third-order valence-corrected chi connectivity index (χ3v) is 4.42. The quantitative estimate of drug-likeness (QED) is 0.658. The van der Waals surface area contributed by atoms with Crippen LogP contribution in [0.4, 0.5) is 5.82 Å². The van der Waals surface area contributed by atoms with Crippen LogP contribution in [-0.2, 0) is 4.79 Å². The number of aryl methyl sites for hydroxylation is 1. The van der Waals surface area contributed by atoms with Crippen molar-refractivity contribution in [3.8, 4) is 0 Å². The van der Waals surface area contributed by atoms with Gasteiger partial charge in [0.05, 0.1) is 5.25 Å². The van der Waals surface area contributed by atoms with Crippen molar-refractivity contribution in [3.05, 3.63) is 11.8 Å². The smallest absolute Gasteiger partial charge is 0.233 e. The Balaban J connectivity index is 1.89. The van der Waals surface area contributed by atoms with E-state index in [-0.39, 0.29) is 11.2 Å². The molecular weight excluding hydrogens is 272 g/mol. The summed E-state index contributed by atoms with van der Waals surface area (Å²) in [6, 6.07) is 2.05. The van der Waals surface area contributed by atoms with Gasteiger partial charge >= 0.3 is 0 Å². The molecule has 5 nitrogen and oxygen atoms in total. The number of hydrogen-bond acceptors (Lipinski definition) is 5. The summed E-state index contributed by atoms with van der Waals surface area (Å²) in [6.07, 6.45) is 5.90. The summed E-state index contributed by atoms with van der Waals surface area (Å²) in [5.74, 6) is 0.505. The molecule has 1 aliphatic carbocycles. The Morgan fingerprint density at radius 2 is 2.10 bits per heavy atom. The number of thioether (sulfide) groups is 1. The van der Waals surface area contributed by atoms with Crippen LogP contribution in [-0.4, -0.2) is 27.2 Å². The summed E-state index contributed by atoms with van der Waals surface area (Å²) < 4.78 is 0. The summed E-state index contributed by atoms with van der Waals surface area (Å²) in [5.41, 5.74) is 6.52. The molecule has 6 heteroatoms. The van der Waals surface area contributed by atoms with Gasteiger partial charge in [-0.1, -0.05) is 31.0 Å². The molecule has 0 saturated heterocycles. The number of rotatable bonds is 4. The SMILES string of the molecule is Cc1cc(N)nc(S[C@@H](C)C(=O)NC2CCCCC2)n1. The standard InChI is InChI=1S/C14H22N4OS/c1-9-8-12(15)18-14(16-9)20-10(2)13(19)17-11-6-4-3-5-7-11/h8,10-11H,3-7H2,1-2H3,(H,17,19)(H2,15,16,18)/t10-/m0/s1. The number of nitrogen functional groups attached to an aromatic ring is 1. The van der Waals surface area contributed by atoms with Crippen LogP contribution in [0.5, 0.6) is 0 Å². The lowest BCUT2D eigenvalue weighted by Crippen LogP contribution is -2.40. The van der Waals surface area contributed by atoms with Crippen LogP contribution in [0, 0.1) is 6.92 Å². The Hall–Kier alpha value is -1.30. The number of nitrogens with zero attached hydrogens (tertiary/aromatic N) is 2. The molecule has 2 rings (SSSR count). The van der Waals surface area contributed by atoms with Crippen molar-refractivity contribution < 1.29 is 4.79 Å². The van der Waals surface area contributed by atoms with E-state index < -0.39 is 0 Å². The number of nitrogens with one attached hydrogen (secondary N) is 1. The van der Waals surface area contributed by atoms with Crippen LogP contribution < -0.4 is 11.1 Å². The number of carbonyl (C=O) groups excluding carboxylic acids is 1. The van der Waals surface area contributed by atoms with Crippen LogP contribution in [0.3, 0.4) is 0 Å². The summed E-state index contributed by atoms with van der Waals surface area (Å²) in [5, 5.41) is 3.48. The number of hydrogen-bond donors (Lipinski definition) is 2. The molecule has 1 aromatic heterocycles. The predicted octanol–water partition coefficient (Wildman–Crippen LogP) is 2.30. The van der Waals surface area contributed by atoms with E-state index in [1.54, 1.807) is 6.07 Å². The highest BCUT2D eigenvalue weighted by atomic mass is 32.2. The van der Waals surface area contributed by atoms with Gasteiger partial charge in [-0.05, 0) is 26.7 Å². The molecular formula is C14H22N4OS. The first-order valence-corrected chi connectivity index (χ1v) is 8.01. The van der Waals surface area contributed by atoms with Crippen molar-refractivity contribution in [2.24, 2.45) is 0 Å². The zero-order chi connectivity index (χ0) is 14.5. The molecule has 0 aliphatic heterocycles. The van der Waals surface area contributed by atoms with Crippen LogP contribution in [0.25, 0.3) is 0 Å². The normalized spacial score (nSPS) is 17.7. The van der Waals surface area contributed by atoms with Crippen molar-refractivity contribution in [2.75, 3.05) is 5.73 Å². The molecule has 0 aromatic carbocycles. The van der Waals surface area contributed by atoms with E-state index in [0.717, 1.165) is 18.5 Å². The van der Waals surface area contributed by atoms with Crippen LogP contribution >= 0.6 is 11.8 Å². The van der Waals surface area contributed by atoms with Crippen molar-refractivity contribution >= 4 is 23.5 Å². The minimum Gasteiger partial charge on any atom is -0.384 e. The average molecular weight is 294 g/mol. The second kappa shape index (κ2) is 6.92.